The van der Waals surface area contributed by atoms with Crippen LogP contribution >= 0.6 is 39.1 Å². The number of nitrogens with zero attached hydrogens (tertiary/aromatic N) is 1. The van der Waals surface area contributed by atoms with Crippen LogP contribution in [0.3, 0.4) is 0 Å². The van der Waals surface area contributed by atoms with E-state index in [1.54, 1.807) is 30.3 Å². The van der Waals surface area contributed by atoms with Crippen molar-refractivity contribution in [3.05, 3.63) is 80.7 Å². The minimum absolute atomic E-state index is 0.288. The van der Waals surface area contributed by atoms with Crippen LogP contribution in [-0.2, 0) is 0 Å². The van der Waals surface area contributed by atoms with Crippen molar-refractivity contribution in [2.45, 2.75) is 0 Å². The van der Waals surface area contributed by atoms with Gasteiger partial charge in [-0.15, -0.1) is 0 Å². The van der Waals surface area contributed by atoms with Crippen molar-refractivity contribution in [2.75, 3.05) is 5.32 Å². The molecule has 0 saturated carbocycles. The van der Waals surface area contributed by atoms with Crippen molar-refractivity contribution in [1.82, 2.24) is 4.98 Å². The summed E-state index contributed by atoms with van der Waals surface area (Å²) in [5, 5.41) is 3.55. The molecule has 1 N–H and O–H groups in total. The fourth-order valence-corrected chi connectivity index (χ4v) is 3.29. The van der Waals surface area contributed by atoms with Crippen LogP contribution in [0.4, 0.5) is 5.69 Å². The summed E-state index contributed by atoms with van der Waals surface area (Å²) in [4.78, 5) is 16.9. The molecule has 0 unspecified atom stereocenters. The molecule has 0 atom stereocenters. The largest absolute Gasteiger partial charge is 0.436 e. The highest BCUT2D eigenvalue weighted by molar-refractivity contribution is 9.10. The molecule has 4 nitrogen and oxygen atoms in total. The van der Waals surface area contributed by atoms with Gasteiger partial charge in [0.2, 0.25) is 5.89 Å². The Morgan fingerprint density at radius 1 is 1.00 bits per heavy atom. The quantitative estimate of drug-likeness (QED) is 0.364. The van der Waals surface area contributed by atoms with Crippen LogP contribution in [0.2, 0.25) is 10.0 Å². The number of nitrogens with one attached hydrogen (secondary N) is 1. The maximum atomic E-state index is 12.4. The molecule has 0 aliphatic carbocycles. The lowest BCUT2D eigenvalue weighted by atomic mass is 10.2. The van der Waals surface area contributed by atoms with Crippen LogP contribution in [0.1, 0.15) is 10.4 Å². The Hall–Kier alpha value is -2.34. The lowest BCUT2D eigenvalue weighted by Gasteiger charge is -2.06. The standard InChI is InChI=1S/C20H11BrCl2N2O2/c21-13-3-1-2-12(8-13)20-25-17-10-14(5-7-18(17)27-20)24-19(26)11-4-6-15(22)16(23)9-11/h1-10H,(H,24,26). The Kier molecular flexibility index (Phi) is 4.91. The molecular formula is C20H11BrCl2N2O2. The first-order chi connectivity index (χ1) is 13.0. The molecule has 4 aromatic rings. The predicted molar refractivity (Wildman–Crippen MR) is 112 cm³/mol. The summed E-state index contributed by atoms with van der Waals surface area (Å²) < 4.78 is 6.75. The van der Waals surface area contributed by atoms with Crippen LogP contribution in [0, 0.1) is 0 Å². The second-order valence-corrected chi connectivity index (χ2v) is 7.52. The van der Waals surface area contributed by atoms with Crippen LogP contribution < -0.4 is 5.32 Å². The predicted octanol–water partition coefficient (Wildman–Crippen LogP) is 6.82. The average molecular weight is 462 g/mol. The van der Waals surface area contributed by atoms with E-state index in [2.05, 4.69) is 26.2 Å². The number of halogens is 3. The summed E-state index contributed by atoms with van der Waals surface area (Å²) in [6, 6.07) is 17.7. The molecule has 0 fully saturated rings. The van der Waals surface area contributed by atoms with Gasteiger partial charge in [-0.1, -0.05) is 45.2 Å². The molecular weight excluding hydrogens is 451 g/mol. The van der Waals surface area contributed by atoms with Gasteiger partial charge in [-0.2, -0.15) is 0 Å². The van der Waals surface area contributed by atoms with Crippen molar-refractivity contribution >= 4 is 61.8 Å². The monoisotopic (exact) mass is 460 g/mol. The number of aromatic nitrogens is 1. The van der Waals surface area contributed by atoms with E-state index in [0.29, 0.717) is 38.3 Å². The summed E-state index contributed by atoms with van der Waals surface area (Å²) in [7, 11) is 0. The Bertz CT molecular complexity index is 1170. The van der Waals surface area contributed by atoms with E-state index in [1.165, 1.54) is 6.07 Å². The highest BCUT2D eigenvalue weighted by Crippen LogP contribution is 2.28. The van der Waals surface area contributed by atoms with E-state index in [9.17, 15) is 4.79 Å². The zero-order valence-corrected chi connectivity index (χ0v) is 16.8. The molecule has 0 radical (unpaired) electrons. The van der Waals surface area contributed by atoms with Gasteiger partial charge in [0.05, 0.1) is 10.0 Å². The topological polar surface area (TPSA) is 55.1 Å². The number of benzene rings is 3. The average Bonchev–Trinajstić information content (AvgIpc) is 3.07. The van der Waals surface area contributed by atoms with Crippen molar-refractivity contribution in [2.24, 2.45) is 0 Å². The Labute approximate surface area is 173 Å². The maximum absolute atomic E-state index is 12.4. The molecule has 1 amide bonds. The van der Waals surface area contributed by atoms with Crippen LogP contribution in [0.5, 0.6) is 0 Å². The molecule has 27 heavy (non-hydrogen) atoms. The first-order valence-corrected chi connectivity index (χ1v) is 9.47. The molecule has 7 heteroatoms. The number of carbonyl (C=O) groups excluding carboxylic acids is 1. The number of oxazole rings is 1. The lowest BCUT2D eigenvalue weighted by Crippen LogP contribution is -2.11. The zero-order valence-electron chi connectivity index (χ0n) is 13.7. The number of hydrogen-bond donors (Lipinski definition) is 1. The highest BCUT2D eigenvalue weighted by atomic mass is 79.9. The first kappa shape index (κ1) is 18.0. The molecule has 3 aromatic carbocycles. The number of carbonyl (C=O) groups is 1. The van der Waals surface area contributed by atoms with Gasteiger partial charge in [-0.25, -0.2) is 4.98 Å². The number of hydrogen-bond acceptors (Lipinski definition) is 3. The Morgan fingerprint density at radius 3 is 2.63 bits per heavy atom. The molecule has 1 aromatic heterocycles. The highest BCUT2D eigenvalue weighted by Gasteiger charge is 2.12. The maximum Gasteiger partial charge on any atom is 0.255 e. The summed E-state index contributed by atoms with van der Waals surface area (Å²) in [5.41, 5.74) is 3.17. The van der Waals surface area contributed by atoms with Gasteiger partial charge in [0.25, 0.3) is 5.91 Å². The van der Waals surface area contributed by atoms with E-state index in [4.69, 9.17) is 27.6 Å². The SMILES string of the molecule is O=C(Nc1ccc2oc(-c3cccc(Br)c3)nc2c1)c1ccc(Cl)c(Cl)c1. The second kappa shape index (κ2) is 7.35. The normalized spacial score (nSPS) is 10.9. The van der Waals surface area contributed by atoms with E-state index < -0.39 is 0 Å². The number of fused-ring (bicyclic) bond motifs is 1. The zero-order chi connectivity index (χ0) is 19.0. The number of rotatable bonds is 3. The van der Waals surface area contributed by atoms with Gasteiger partial charge in [0.1, 0.15) is 5.52 Å². The smallest absolute Gasteiger partial charge is 0.255 e. The molecule has 0 spiro atoms. The molecule has 0 aliphatic rings. The van der Waals surface area contributed by atoms with Crippen LogP contribution in [0.25, 0.3) is 22.6 Å². The van der Waals surface area contributed by atoms with Crippen molar-refractivity contribution in [3.63, 3.8) is 0 Å². The lowest BCUT2D eigenvalue weighted by molar-refractivity contribution is 0.102. The van der Waals surface area contributed by atoms with E-state index in [1.807, 2.05) is 24.3 Å². The summed E-state index contributed by atoms with van der Waals surface area (Å²) in [6.45, 7) is 0. The summed E-state index contributed by atoms with van der Waals surface area (Å²) in [5.74, 6) is 0.225. The molecule has 0 saturated heterocycles. The van der Waals surface area contributed by atoms with E-state index in [-0.39, 0.29) is 5.91 Å². The van der Waals surface area contributed by atoms with Crippen LogP contribution in [-0.4, -0.2) is 10.9 Å². The third-order valence-electron chi connectivity index (χ3n) is 3.90. The molecule has 1 heterocycles. The van der Waals surface area contributed by atoms with E-state index in [0.717, 1.165) is 10.0 Å². The van der Waals surface area contributed by atoms with Crippen molar-refractivity contribution < 1.29 is 9.21 Å². The third kappa shape index (κ3) is 3.86. The summed E-state index contributed by atoms with van der Waals surface area (Å²) in [6.07, 6.45) is 0. The van der Waals surface area contributed by atoms with E-state index >= 15 is 0 Å². The van der Waals surface area contributed by atoms with Gasteiger partial charge < -0.3 is 9.73 Å². The van der Waals surface area contributed by atoms with Gasteiger partial charge in [-0.3, -0.25) is 4.79 Å². The molecule has 4 rings (SSSR count). The Balaban J connectivity index is 1.61. The molecule has 134 valence electrons. The van der Waals surface area contributed by atoms with Gasteiger partial charge >= 0.3 is 0 Å². The van der Waals surface area contributed by atoms with Gasteiger partial charge in [0.15, 0.2) is 5.58 Å². The second-order valence-electron chi connectivity index (χ2n) is 5.79. The first-order valence-electron chi connectivity index (χ1n) is 7.92. The Morgan fingerprint density at radius 2 is 1.85 bits per heavy atom. The number of anilines is 1. The summed E-state index contributed by atoms with van der Waals surface area (Å²) >= 11 is 15.3. The minimum Gasteiger partial charge on any atom is -0.436 e. The fraction of sp³-hybridized carbons (Fsp3) is 0. The van der Waals surface area contributed by atoms with Crippen LogP contribution in [0.15, 0.2) is 69.6 Å². The number of amides is 1. The fourth-order valence-electron chi connectivity index (χ4n) is 2.59. The molecule has 0 aliphatic heterocycles. The minimum atomic E-state index is -0.288. The van der Waals surface area contributed by atoms with Crippen molar-refractivity contribution in [3.8, 4) is 11.5 Å². The van der Waals surface area contributed by atoms with Crippen molar-refractivity contribution in [1.29, 1.82) is 0 Å². The van der Waals surface area contributed by atoms with Gasteiger partial charge in [-0.05, 0) is 54.6 Å². The molecule has 0 bridgehead atoms. The van der Waals surface area contributed by atoms with Gasteiger partial charge in [0, 0.05) is 21.3 Å². The third-order valence-corrected chi connectivity index (χ3v) is 5.13.